The maximum Gasteiger partial charge on any atom is 0.242 e. The fourth-order valence-corrected chi connectivity index (χ4v) is 3.66. The molecule has 1 heterocycles. The molecule has 1 fully saturated rings. The first-order chi connectivity index (χ1) is 10.9. The second kappa shape index (κ2) is 5.95. The Hall–Kier alpha value is -1.90. The Morgan fingerprint density at radius 2 is 2.13 bits per heavy atom. The Bertz CT molecular complexity index is 809. The highest BCUT2D eigenvalue weighted by atomic mass is 32.2. The SMILES string of the molecule is CN(C)CNS(=O)(=O)c1cc(N)ccc1-c1cnn(C2CC2)c1. The Morgan fingerprint density at radius 3 is 2.78 bits per heavy atom. The largest absolute Gasteiger partial charge is 0.399 e. The molecule has 3 N–H and O–H groups in total. The van der Waals surface area contributed by atoms with Crippen LogP contribution >= 0.6 is 0 Å². The highest BCUT2D eigenvalue weighted by molar-refractivity contribution is 7.89. The quantitative estimate of drug-likeness (QED) is 0.612. The van der Waals surface area contributed by atoms with Crippen LogP contribution in [-0.2, 0) is 10.0 Å². The number of hydrogen-bond acceptors (Lipinski definition) is 5. The van der Waals surface area contributed by atoms with Crippen LogP contribution < -0.4 is 10.5 Å². The zero-order valence-corrected chi connectivity index (χ0v) is 14.0. The van der Waals surface area contributed by atoms with Crippen LogP contribution in [0.3, 0.4) is 0 Å². The first-order valence-electron chi connectivity index (χ1n) is 7.45. The van der Waals surface area contributed by atoms with Gasteiger partial charge in [0.05, 0.1) is 23.8 Å². The molecule has 1 aliphatic rings. The molecule has 0 aliphatic heterocycles. The van der Waals surface area contributed by atoms with Gasteiger partial charge in [0.1, 0.15) is 0 Å². The van der Waals surface area contributed by atoms with Crippen LogP contribution in [0.5, 0.6) is 0 Å². The monoisotopic (exact) mass is 335 g/mol. The molecule has 0 bridgehead atoms. The fourth-order valence-electron chi connectivity index (χ4n) is 2.31. The number of nitrogen functional groups attached to an aromatic ring is 1. The van der Waals surface area contributed by atoms with Gasteiger partial charge in [0.15, 0.2) is 0 Å². The van der Waals surface area contributed by atoms with Gasteiger partial charge in [-0.05, 0) is 39.1 Å². The molecule has 1 aromatic heterocycles. The Balaban J connectivity index is 1.99. The summed E-state index contributed by atoms with van der Waals surface area (Å²) in [5.74, 6) is 0. The van der Waals surface area contributed by atoms with Gasteiger partial charge in [-0.25, -0.2) is 8.42 Å². The number of sulfonamides is 1. The molecule has 8 heteroatoms. The first-order valence-corrected chi connectivity index (χ1v) is 8.93. The number of nitrogens with one attached hydrogen (secondary N) is 1. The lowest BCUT2D eigenvalue weighted by molar-refractivity contribution is 0.399. The average Bonchev–Trinajstić information content (AvgIpc) is 3.23. The van der Waals surface area contributed by atoms with E-state index >= 15 is 0 Å². The molecule has 23 heavy (non-hydrogen) atoms. The molecular formula is C15H21N5O2S. The van der Waals surface area contributed by atoms with E-state index in [-0.39, 0.29) is 11.6 Å². The second-order valence-electron chi connectivity index (χ2n) is 6.08. The van der Waals surface area contributed by atoms with Crippen molar-refractivity contribution in [1.29, 1.82) is 0 Å². The van der Waals surface area contributed by atoms with E-state index in [0.29, 0.717) is 17.3 Å². The van der Waals surface area contributed by atoms with Crippen LogP contribution in [0.25, 0.3) is 11.1 Å². The summed E-state index contributed by atoms with van der Waals surface area (Å²) in [7, 11) is -0.0725. The molecule has 3 rings (SSSR count). The number of aromatic nitrogens is 2. The molecule has 0 spiro atoms. The highest BCUT2D eigenvalue weighted by Gasteiger charge is 2.26. The maximum atomic E-state index is 12.6. The molecule has 1 aliphatic carbocycles. The van der Waals surface area contributed by atoms with E-state index in [1.165, 1.54) is 6.07 Å². The van der Waals surface area contributed by atoms with Crippen molar-refractivity contribution in [3.05, 3.63) is 30.6 Å². The van der Waals surface area contributed by atoms with E-state index in [2.05, 4.69) is 9.82 Å². The minimum absolute atomic E-state index is 0.176. The van der Waals surface area contributed by atoms with Crippen molar-refractivity contribution in [2.24, 2.45) is 0 Å². The third-order valence-corrected chi connectivity index (χ3v) is 5.13. The standard InChI is InChI=1S/C15H21N5O2S/c1-19(2)10-18-23(21,22)15-7-12(16)3-6-14(15)11-8-17-20(9-11)13-4-5-13/h3,6-9,13,18H,4-5,10,16H2,1-2H3. The van der Waals surface area contributed by atoms with Gasteiger partial charge in [-0.2, -0.15) is 9.82 Å². The van der Waals surface area contributed by atoms with Gasteiger partial charge in [-0.15, -0.1) is 0 Å². The number of hydrogen-bond donors (Lipinski definition) is 2. The highest BCUT2D eigenvalue weighted by Crippen LogP contribution is 2.36. The number of benzene rings is 1. The van der Waals surface area contributed by atoms with Gasteiger partial charge in [-0.1, -0.05) is 6.07 Å². The third kappa shape index (κ3) is 3.54. The summed E-state index contributed by atoms with van der Waals surface area (Å²) < 4.78 is 29.7. The van der Waals surface area contributed by atoms with Gasteiger partial charge >= 0.3 is 0 Å². The zero-order valence-electron chi connectivity index (χ0n) is 13.2. The van der Waals surface area contributed by atoms with E-state index in [1.807, 2.05) is 10.9 Å². The molecule has 2 aromatic rings. The van der Waals surface area contributed by atoms with E-state index in [1.54, 1.807) is 37.3 Å². The molecule has 0 radical (unpaired) electrons. The van der Waals surface area contributed by atoms with Crippen molar-refractivity contribution < 1.29 is 8.42 Å². The molecule has 7 nitrogen and oxygen atoms in total. The number of rotatable bonds is 6. The van der Waals surface area contributed by atoms with E-state index < -0.39 is 10.0 Å². The van der Waals surface area contributed by atoms with Crippen molar-refractivity contribution >= 4 is 15.7 Å². The zero-order chi connectivity index (χ0) is 16.6. The van der Waals surface area contributed by atoms with Gasteiger partial charge in [0, 0.05) is 23.0 Å². The average molecular weight is 335 g/mol. The minimum Gasteiger partial charge on any atom is -0.399 e. The predicted molar refractivity (Wildman–Crippen MR) is 89.2 cm³/mol. The van der Waals surface area contributed by atoms with Crippen molar-refractivity contribution in [2.75, 3.05) is 26.5 Å². The van der Waals surface area contributed by atoms with Crippen LogP contribution in [0, 0.1) is 0 Å². The van der Waals surface area contributed by atoms with Gasteiger partial charge in [-0.3, -0.25) is 9.58 Å². The molecule has 1 saturated carbocycles. The van der Waals surface area contributed by atoms with Crippen molar-refractivity contribution in [3.8, 4) is 11.1 Å². The third-order valence-electron chi connectivity index (χ3n) is 3.70. The molecule has 124 valence electrons. The van der Waals surface area contributed by atoms with Crippen molar-refractivity contribution in [3.63, 3.8) is 0 Å². The summed E-state index contributed by atoms with van der Waals surface area (Å²) in [5, 5.41) is 4.34. The maximum absolute atomic E-state index is 12.6. The van der Waals surface area contributed by atoms with E-state index in [9.17, 15) is 8.42 Å². The van der Waals surface area contributed by atoms with Crippen LogP contribution in [0.4, 0.5) is 5.69 Å². The summed E-state index contributed by atoms with van der Waals surface area (Å²) in [4.78, 5) is 1.92. The number of anilines is 1. The normalized spacial score (nSPS) is 15.3. The lowest BCUT2D eigenvalue weighted by Gasteiger charge is -2.14. The molecule has 1 aromatic carbocycles. The molecule has 0 unspecified atom stereocenters. The topological polar surface area (TPSA) is 93.2 Å². The van der Waals surface area contributed by atoms with Gasteiger partial charge in [0.25, 0.3) is 0 Å². The van der Waals surface area contributed by atoms with Gasteiger partial charge in [0.2, 0.25) is 10.0 Å². The lowest BCUT2D eigenvalue weighted by Crippen LogP contribution is -2.33. The summed E-state index contributed by atoms with van der Waals surface area (Å²) in [6.45, 7) is 0.220. The Morgan fingerprint density at radius 1 is 1.39 bits per heavy atom. The Kier molecular flexibility index (Phi) is 4.13. The summed E-state index contributed by atoms with van der Waals surface area (Å²) >= 11 is 0. The first kappa shape index (κ1) is 16.0. The van der Waals surface area contributed by atoms with Crippen LogP contribution in [-0.4, -0.2) is 43.9 Å². The van der Waals surface area contributed by atoms with Gasteiger partial charge < -0.3 is 5.73 Å². The second-order valence-corrected chi connectivity index (χ2v) is 7.82. The predicted octanol–water partition coefficient (Wildman–Crippen LogP) is 1.26. The minimum atomic E-state index is -3.66. The van der Waals surface area contributed by atoms with E-state index in [0.717, 1.165) is 18.4 Å². The number of nitrogens with zero attached hydrogens (tertiary/aromatic N) is 3. The van der Waals surface area contributed by atoms with Crippen LogP contribution in [0.15, 0.2) is 35.5 Å². The molecule has 0 saturated heterocycles. The summed E-state index contributed by atoms with van der Waals surface area (Å²) in [6, 6.07) is 5.37. The summed E-state index contributed by atoms with van der Waals surface area (Å²) in [5.41, 5.74) is 7.60. The molecular weight excluding hydrogens is 314 g/mol. The van der Waals surface area contributed by atoms with E-state index in [4.69, 9.17) is 5.73 Å². The smallest absolute Gasteiger partial charge is 0.242 e. The fraction of sp³-hybridized carbons (Fsp3) is 0.400. The van der Waals surface area contributed by atoms with Crippen molar-refractivity contribution in [2.45, 2.75) is 23.8 Å². The lowest BCUT2D eigenvalue weighted by atomic mass is 10.1. The molecule has 0 atom stereocenters. The van der Waals surface area contributed by atoms with Crippen molar-refractivity contribution in [1.82, 2.24) is 19.4 Å². The Labute approximate surface area is 136 Å². The van der Waals surface area contributed by atoms with Crippen LogP contribution in [0.2, 0.25) is 0 Å². The van der Waals surface area contributed by atoms with Crippen LogP contribution in [0.1, 0.15) is 18.9 Å². The molecule has 0 amide bonds. The number of nitrogens with two attached hydrogens (primary N) is 1. The summed E-state index contributed by atoms with van der Waals surface area (Å²) in [6.07, 6.45) is 5.85.